The molecule has 1 aromatic heterocycles. The van der Waals surface area contributed by atoms with Gasteiger partial charge in [-0.05, 0) is 64.6 Å². The van der Waals surface area contributed by atoms with Crippen LogP contribution in [0.1, 0.15) is 74.1 Å². The molecule has 150 valence electrons. The largest absolute Gasteiger partial charge is 0.339 e. The quantitative estimate of drug-likeness (QED) is 0.791. The van der Waals surface area contributed by atoms with E-state index in [0.717, 1.165) is 31.1 Å². The molecule has 5 rings (SSSR count). The SMILES string of the molecule is CN(C)[C@H]1CC[C@@H](c2nc(C3(CN[C@H]4C[C@@H]4c4ccccc4)CC3)no2)CC1. The van der Waals surface area contributed by atoms with Gasteiger partial charge < -0.3 is 14.7 Å². The molecular weight excluding hydrogens is 348 g/mol. The highest BCUT2D eigenvalue weighted by Gasteiger charge is 2.50. The van der Waals surface area contributed by atoms with Crippen LogP contribution in [0.2, 0.25) is 0 Å². The Bertz CT molecular complexity index is 790. The lowest BCUT2D eigenvalue weighted by atomic mass is 9.85. The minimum atomic E-state index is 0.117. The third-order valence-electron chi connectivity index (χ3n) is 7.27. The van der Waals surface area contributed by atoms with E-state index in [4.69, 9.17) is 9.51 Å². The van der Waals surface area contributed by atoms with Gasteiger partial charge in [0.1, 0.15) is 0 Å². The van der Waals surface area contributed by atoms with E-state index in [1.165, 1.54) is 37.7 Å². The number of benzene rings is 1. The molecule has 0 spiro atoms. The van der Waals surface area contributed by atoms with Crippen molar-refractivity contribution in [2.24, 2.45) is 0 Å². The van der Waals surface area contributed by atoms with E-state index in [1.807, 2.05) is 0 Å². The molecule has 0 amide bonds. The van der Waals surface area contributed by atoms with Crippen molar-refractivity contribution in [1.82, 2.24) is 20.4 Å². The molecular formula is C23H32N4O. The van der Waals surface area contributed by atoms with Gasteiger partial charge >= 0.3 is 0 Å². The molecule has 3 aliphatic rings. The molecule has 0 bridgehead atoms. The molecule has 3 fully saturated rings. The van der Waals surface area contributed by atoms with E-state index < -0.39 is 0 Å². The van der Waals surface area contributed by atoms with Crippen LogP contribution in [0.3, 0.4) is 0 Å². The Morgan fingerprint density at radius 3 is 2.54 bits per heavy atom. The second kappa shape index (κ2) is 7.27. The molecule has 0 saturated heterocycles. The second-order valence-electron chi connectivity index (χ2n) is 9.45. The van der Waals surface area contributed by atoms with Crippen LogP contribution < -0.4 is 5.32 Å². The van der Waals surface area contributed by atoms with Crippen molar-refractivity contribution < 1.29 is 4.52 Å². The Morgan fingerprint density at radius 1 is 1.11 bits per heavy atom. The number of aromatic nitrogens is 2. The summed E-state index contributed by atoms with van der Waals surface area (Å²) in [6.07, 6.45) is 8.37. The summed E-state index contributed by atoms with van der Waals surface area (Å²) in [4.78, 5) is 7.23. The third-order valence-corrected chi connectivity index (χ3v) is 7.27. The van der Waals surface area contributed by atoms with Gasteiger partial charge in [-0.3, -0.25) is 0 Å². The molecule has 0 unspecified atom stereocenters. The Balaban J connectivity index is 1.16. The summed E-state index contributed by atoms with van der Waals surface area (Å²) in [6.45, 7) is 0.980. The molecule has 3 saturated carbocycles. The minimum Gasteiger partial charge on any atom is -0.339 e. The van der Waals surface area contributed by atoms with E-state index in [9.17, 15) is 0 Å². The van der Waals surface area contributed by atoms with Crippen LogP contribution in [0.5, 0.6) is 0 Å². The topological polar surface area (TPSA) is 54.2 Å². The summed E-state index contributed by atoms with van der Waals surface area (Å²) < 4.78 is 5.74. The Labute approximate surface area is 167 Å². The van der Waals surface area contributed by atoms with E-state index in [2.05, 4.69) is 59.8 Å². The number of hydrogen-bond acceptors (Lipinski definition) is 5. The monoisotopic (exact) mass is 380 g/mol. The van der Waals surface area contributed by atoms with Crippen LogP contribution in [0, 0.1) is 0 Å². The van der Waals surface area contributed by atoms with Gasteiger partial charge in [-0.2, -0.15) is 4.98 Å². The number of hydrogen-bond donors (Lipinski definition) is 1. The van der Waals surface area contributed by atoms with Crippen LogP contribution >= 0.6 is 0 Å². The molecule has 1 N–H and O–H groups in total. The molecule has 5 nitrogen and oxygen atoms in total. The van der Waals surface area contributed by atoms with Crippen molar-refractivity contribution in [2.45, 2.75) is 74.3 Å². The average molecular weight is 381 g/mol. The molecule has 2 aromatic rings. The first-order chi connectivity index (χ1) is 13.6. The fraction of sp³-hybridized carbons (Fsp3) is 0.652. The van der Waals surface area contributed by atoms with Crippen molar-refractivity contribution in [2.75, 3.05) is 20.6 Å². The lowest BCUT2D eigenvalue weighted by Gasteiger charge is -2.31. The van der Waals surface area contributed by atoms with Gasteiger partial charge in [0.25, 0.3) is 0 Å². The normalized spacial score (nSPS) is 31.1. The summed E-state index contributed by atoms with van der Waals surface area (Å²) in [7, 11) is 4.36. The minimum absolute atomic E-state index is 0.117. The molecule has 5 heteroatoms. The fourth-order valence-electron chi connectivity index (χ4n) is 4.90. The summed E-state index contributed by atoms with van der Waals surface area (Å²) in [6, 6.07) is 12.2. The molecule has 0 radical (unpaired) electrons. The first-order valence-corrected chi connectivity index (χ1v) is 10.9. The fourth-order valence-corrected chi connectivity index (χ4v) is 4.90. The first kappa shape index (κ1) is 18.3. The molecule has 0 aliphatic heterocycles. The van der Waals surface area contributed by atoms with Crippen molar-refractivity contribution in [1.29, 1.82) is 0 Å². The highest BCUT2D eigenvalue weighted by atomic mass is 16.5. The molecule has 28 heavy (non-hydrogen) atoms. The summed E-state index contributed by atoms with van der Waals surface area (Å²) in [5.41, 5.74) is 1.58. The number of nitrogens with one attached hydrogen (secondary N) is 1. The molecule has 3 aliphatic carbocycles. The summed E-state index contributed by atoms with van der Waals surface area (Å²) in [5.74, 6) is 2.95. The maximum absolute atomic E-state index is 5.74. The van der Waals surface area contributed by atoms with Crippen LogP contribution in [0.25, 0.3) is 0 Å². The third kappa shape index (κ3) is 3.62. The van der Waals surface area contributed by atoms with Crippen LogP contribution in [0.15, 0.2) is 34.9 Å². The van der Waals surface area contributed by atoms with E-state index in [-0.39, 0.29) is 5.41 Å². The number of nitrogens with zero attached hydrogens (tertiary/aromatic N) is 3. The number of rotatable bonds is 7. The lowest BCUT2D eigenvalue weighted by molar-refractivity contribution is 0.201. The predicted molar refractivity (Wildman–Crippen MR) is 109 cm³/mol. The zero-order chi connectivity index (χ0) is 19.1. The van der Waals surface area contributed by atoms with E-state index >= 15 is 0 Å². The van der Waals surface area contributed by atoms with Crippen LogP contribution in [0.4, 0.5) is 0 Å². The Morgan fingerprint density at radius 2 is 1.86 bits per heavy atom. The summed E-state index contributed by atoms with van der Waals surface area (Å²) >= 11 is 0. The summed E-state index contributed by atoms with van der Waals surface area (Å²) in [5, 5.41) is 8.21. The maximum atomic E-state index is 5.74. The van der Waals surface area contributed by atoms with E-state index in [1.54, 1.807) is 0 Å². The predicted octanol–water partition coefficient (Wildman–Crippen LogP) is 3.83. The van der Waals surface area contributed by atoms with Gasteiger partial charge in [0, 0.05) is 35.9 Å². The van der Waals surface area contributed by atoms with Crippen molar-refractivity contribution in [3.8, 4) is 0 Å². The standard InChI is InChI=1S/C23H32N4O/c1-27(2)18-10-8-17(9-11-18)21-25-22(26-28-21)23(12-13-23)15-24-20-14-19(20)16-6-4-3-5-7-16/h3-7,17-20,24H,8-15H2,1-2H3/t17-,18+,19-,20+/m1/s1. The second-order valence-corrected chi connectivity index (χ2v) is 9.45. The molecule has 1 heterocycles. The Hall–Kier alpha value is -1.72. The highest BCUT2D eigenvalue weighted by molar-refractivity contribution is 5.28. The van der Waals surface area contributed by atoms with Gasteiger partial charge in [-0.25, -0.2) is 0 Å². The Kier molecular flexibility index (Phi) is 4.76. The van der Waals surface area contributed by atoms with Crippen molar-refractivity contribution in [3.63, 3.8) is 0 Å². The van der Waals surface area contributed by atoms with Crippen molar-refractivity contribution in [3.05, 3.63) is 47.6 Å². The van der Waals surface area contributed by atoms with Gasteiger partial charge in [-0.1, -0.05) is 35.5 Å². The molecule has 2 atom stereocenters. The lowest BCUT2D eigenvalue weighted by Crippen LogP contribution is -2.31. The molecule has 1 aromatic carbocycles. The first-order valence-electron chi connectivity index (χ1n) is 10.9. The van der Waals surface area contributed by atoms with E-state index in [0.29, 0.717) is 23.9 Å². The zero-order valence-electron chi connectivity index (χ0n) is 17.1. The average Bonchev–Trinajstić information content (AvgIpc) is 3.64. The zero-order valence-corrected chi connectivity index (χ0v) is 17.1. The smallest absolute Gasteiger partial charge is 0.229 e. The van der Waals surface area contributed by atoms with Crippen LogP contribution in [-0.2, 0) is 5.41 Å². The van der Waals surface area contributed by atoms with Gasteiger partial charge in [0.2, 0.25) is 5.89 Å². The van der Waals surface area contributed by atoms with Crippen molar-refractivity contribution >= 4 is 0 Å². The van der Waals surface area contributed by atoms with Gasteiger partial charge in [0.15, 0.2) is 5.82 Å². The van der Waals surface area contributed by atoms with Gasteiger partial charge in [0.05, 0.1) is 0 Å². The van der Waals surface area contributed by atoms with Crippen LogP contribution in [-0.4, -0.2) is 47.8 Å². The van der Waals surface area contributed by atoms with Gasteiger partial charge in [-0.15, -0.1) is 0 Å². The highest BCUT2D eigenvalue weighted by Crippen LogP contribution is 2.48. The maximum Gasteiger partial charge on any atom is 0.229 e.